The Hall–Kier alpha value is -0.450. The molecule has 3 N–H and O–H groups in total. The fourth-order valence-corrected chi connectivity index (χ4v) is 3.29. The number of thiazole rings is 1. The van der Waals surface area contributed by atoms with Gasteiger partial charge in [0.15, 0.2) is 0 Å². The van der Waals surface area contributed by atoms with Crippen LogP contribution in [0, 0.1) is 12.8 Å². The van der Waals surface area contributed by atoms with Gasteiger partial charge in [-0.15, -0.1) is 11.3 Å². The molecule has 2 rings (SSSR count). The molecule has 0 aliphatic heterocycles. The molecule has 3 atom stereocenters. The van der Waals surface area contributed by atoms with Gasteiger partial charge in [-0.3, -0.25) is 0 Å². The molecule has 1 fully saturated rings. The zero-order chi connectivity index (χ0) is 11.5. The van der Waals surface area contributed by atoms with Gasteiger partial charge in [0.1, 0.15) is 5.01 Å². The summed E-state index contributed by atoms with van der Waals surface area (Å²) in [6.45, 7) is 5.11. The molecule has 1 aromatic rings. The molecule has 16 heavy (non-hydrogen) atoms. The lowest BCUT2D eigenvalue weighted by molar-refractivity contribution is 0.373. The summed E-state index contributed by atoms with van der Waals surface area (Å²) in [5, 5.41) is 4.87. The maximum absolute atomic E-state index is 5.79. The number of hydrogen-bond acceptors (Lipinski definition) is 4. The second-order valence-electron chi connectivity index (χ2n) is 4.73. The summed E-state index contributed by atoms with van der Waals surface area (Å²) in [7, 11) is 0. The van der Waals surface area contributed by atoms with Crippen LogP contribution in [0.25, 0.3) is 0 Å². The quantitative estimate of drug-likeness (QED) is 0.847. The number of aryl methyl sites for hydroxylation is 1. The average molecular weight is 239 g/mol. The highest BCUT2D eigenvalue weighted by atomic mass is 32.1. The Morgan fingerprint density at radius 2 is 2.44 bits per heavy atom. The van der Waals surface area contributed by atoms with Crippen molar-refractivity contribution in [1.29, 1.82) is 0 Å². The molecule has 90 valence electrons. The molecule has 1 aromatic heterocycles. The first-order valence-corrected chi connectivity index (χ1v) is 6.90. The standard InChI is InChI=1S/C12H21N3S/c1-8-7-14-12(16-8)9(2)15-11-5-3-4-10(11)6-13/h7,9-11,15H,3-6,13H2,1-2H3. The molecule has 3 nitrogen and oxygen atoms in total. The van der Waals surface area contributed by atoms with Crippen LogP contribution >= 0.6 is 11.3 Å². The molecular weight excluding hydrogens is 218 g/mol. The highest BCUT2D eigenvalue weighted by Gasteiger charge is 2.27. The van der Waals surface area contributed by atoms with Crippen LogP contribution in [0.3, 0.4) is 0 Å². The van der Waals surface area contributed by atoms with E-state index in [9.17, 15) is 0 Å². The molecule has 1 aliphatic carbocycles. The SMILES string of the molecule is Cc1cnc(C(C)NC2CCCC2CN)s1. The number of nitrogens with zero attached hydrogens (tertiary/aromatic N) is 1. The molecule has 4 heteroatoms. The largest absolute Gasteiger partial charge is 0.330 e. The smallest absolute Gasteiger partial charge is 0.109 e. The van der Waals surface area contributed by atoms with Crippen LogP contribution in [0.4, 0.5) is 0 Å². The molecule has 1 heterocycles. The van der Waals surface area contributed by atoms with Crippen molar-refractivity contribution in [3.8, 4) is 0 Å². The van der Waals surface area contributed by atoms with Gasteiger partial charge in [0.05, 0.1) is 6.04 Å². The molecule has 1 saturated carbocycles. The summed E-state index contributed by atoms with van der Waals surface area (Å²) in [5.74, 6) is 0.656. The summed E-state index contributed by atoms with van der Waals surface area (Å²) in [6.07, 6.45) is 5.80. The highest BCUT2D eigenvalue weighted by Crippen LogP contribution is 2.28. The first kappa shape index (κ1) is 12.0. The van der Waals surface area contributed by atoms with Crippen molar-refractivity contribution in [2.75, 3.05) is 6.54 Å². The van der Waals surface area contributed by atoms with E-state index in [4.69, 9.17) is 5.73 Å². The van der Waals surface area contributed by atoms with Crippen LogP contribution in [0.2, 0.25) is 0 Å². The van der Waals surface area contributed by atoms with E-state index in [1.54, 1.807) is 11.3 Å². The Bertz CT molecular complexity index is 337. The molecule has 3 unspecified atom stereocenters. The van der Waals surface area contributed by atoms with Gasteiger partial charge in [0, 0.05) is 17.1 Å². The monoisotopic (exact) mass is 239 g/mol. The van der Waals surface area contributed by atoms with Crippen LogP contribution in [0.15, 0.2) is 6.20 Å². The molecule has 0 radical (unpaired) electrons. The van der Waals surface area contributed by atoms with Gasteiger partial charge in [0.25, 0.3) is 0 Å². The van der Waals surface area contributed by atoms with E-state index < -0.39 is 0 Å². The van der Waals surface area contributed by atoms with Gasteiger partial charge in [-0.1, -0.05) is 6.42 Å². The van der Waals surface area contributed by atoms with Gasteiger partial charge in [0.2, 0.25) is 0 Å². The summed E-state index contributed by atoms with van der Waals surface area (Å²) < 4.78 is 0. The van der Waals surface area contributed by atoms with Gasteiger partial charge < -0.3 is 11.1 Å². The number of nitrogens with one attached hydrogen (secondary N) is 1. The molecule has 0 spiro atoms. The molecule has 0 saturated heterocycles. The Kier molecular flexibility index (Phi) is 3.95. The van der Waals surface area contributed by atoms with Gasteiger partial charge in [-0.05, 0) is 39.2 Å². The lowest BCUT2D eigenvalue weighted by Crippen LogP contribution is -2.37. The maximum atomic E-state index is 5.79. The van der Waals surface area contributed by atoms with E-state index in [1.807, 2.05) is 6.20 Å². The van der Waals surface area contributed by atoms with Gasteiger partial charge >= 0.3 is 0 Å². The second-order valence-corrected chi connectivity index (χ2v) is 6.00. The average Bonchev–Trinajstić information content (AvgIpc) is 2.86. The summed E-state index contributed by atoms with van der Waals surface area (Å²) in [6, 6.07) is 0.944. The summed E-state index contributed by atoms with van der Waals surface area (Å²) in [4.78, 5) is 5.72. The van der Waals surface area contributed by atoms with Crippen LogP contribution in [-0.4, -0.2) is 17.6 Å². The van der Waals surface area contributed by atoms with Crippen LogP contribution in [0.1, 0.15) is 42.1 Å². The van der Waals surface area contributed by atoms with Crippen molar-refractivity contribution in [2.45, 2.75) is 45.2 Å². The number of nitrogens with two attached hydrogens (primary N) is 1. The normalized spacial score (nSPS) is 27.2. The third-order valence-electron chi connectivity index (χ3n) is 3.44. The first-order valence-electron chi connectivity index (χ1n) is 6.09. The highest BCUT2D eigenvalue weighted by molar-refractivity contribution is 7.11. The second kappa shape index (κ2) is 5.25. The maximum Gasteiger partial charge on any atom is 0.109 e. The van der Waals surface area contributed by atoms with Crippen LogP contribution in [-0.2, 0) is 0 Å². The van der Waals surface area contributed by atoms with Crippen LogP contribution < -0.4 is 11.1 Å². The van der Waals surface area contributed by atoms with E-state index in [1.165, 1.54) is 29.1 Å². The van der Waals surface area contributed by atoms with Crippen molar-refractivity contribution < 1.29 is 0 Å². The van der Waals surface area contributed by atoms with E-state index >= 15 is 0 Å². The predicted octanol–water partition coefficient (Wildman–Crippen LogP) is 2.23. The minimum Gasteiger partial charge on any atom is -0.330 e. The Labute approximate surface area is 101 Å². The molecule has 0 aromatic carbocycles. The zero-order valence-corrected chi connectivity index (χ0v) is 10.9. The van der Waals surface area contributed by atoms with E-state index in [0.29, 0.717) is 18.0 Å². The topological polar surface area (TPSA) is 50.9 Å². The van der Waals surface area contributed by atoms with Gasteiger partial charge in [-0.2, -0.15) is 0 Å². The van der Waals surface area contributed by atoms with Crippen molar-refractivity contribution in [3.63, 3.8) is 0 Å². The van der Waals surface area contributed by atoms with Crippen molar-refractivity contribution in [3.05, 3.63) is 16.1 Å². The number of hydrogen-bond donors (Lipinski definition) is 2. The molecular formula is C12H21N3S. The van der Waals surface area contributed by atoms with E-state index in [2.05, 4.69) is 24.1 Å². The Morgan fingerprint density at radius 3 is 3.06 bits per heavy atom. The lowest BCUT2D eigenvalue weighted by Gasteiger charge is -2.23. The number of aromatic nitrogens is 1. The summed E-state index contributed by atoms with van der Waals surface area (Å²) >= 11 is 1.78. The van der Waals surface area contributed by atoms with E-state index in [0.717, 1.165) is 6.54 Å². The minimum absolute atomic E-state index is 0.357. The van der Waals surface area contributed by atoms with E-state index in [-0.39, 0.29) is 0 Å². The fraction of sp³-hybridized carbons (Fsp3) is 0.750. The van der Waals surface area contributed by atoms with Crippen molar-refractivity contribution in [1.82, 2.24) is 10.3 Å². The van der Waals surface area contributed by atoms with Gasteiger partial charge in [-0.25, -0.2) is 4.98 Å². The lowest BCUT2D eigenvalue weighted by atomic mass is 10.0. The third-order valence-corrected chi connectivity index (χ3v) is 4.53. The zero-order valence-electron chi connectivity index (χ0n) is 10.1. The van der Waals surface area contributed by atoms with Crippen LogP contribution in [0.5, 0.6) is 0 Å². The van der Waals surface area contributed by atoms with Crippen molar-refractivity contribution >= 4 is 11.3 Å². The molecule has 0 bridgehead atoms. The first-order chi connectivity index (χ1) is 7.70. The molecule has 0 amide bonds. The Morgan fingerprint density at radius 1 is 1.62 bits per heavy atom. The number of rotatable bonds is 4. The van der Waals surface area contributed by atoms with Crippen molar-refractivity contribution in [2.24, 2.45) is 11.7 Å². The third kappa shape index (κ3) is 2.62. The molecule has 1 aliphatic rings. The Balaban J connectivity index is 1.94. The fourth-order valence-electron chi connectivity index (χ4n) is 2.50. The minimum atomic E-state index is 0.357. The predicted molar refractivity (Wildman–Crippen MR) is 68.6 cm³/mol. The summed E-state index contributed by atoms with van der Waals surface area (Å²) in [5.41, 5.74) is 5.79.